The summed E-state index contributed by atoms with van der Waals surface area (Å²) in [5.41, 5.74) is -0.0684. The van der Waals surface area contributed by atoms with E-state index in [1.165, 1.54) is 0 Å². The third kappa shape index (κ3) is 8.26. The SMILES string of the molecule is CC[C@@H](COC(C)C)OC(C)(C)C. The van der Waals surface area contributed by atoms with E-state index < -0.39 is 0 Å². The number of hydrogen-bond donors (Lipinski definition) is 0. The minimum atomic E-state index is -0.0684. The van der Waals surface area contributed by atoms with Crippen molar-refractivity contribution in [3.8, 4) is 0 Å². The van der Waals surface area contributed by atoms with Crippen LogP contribution in [0.15, 0.2) is 0 Å². The normalized spacial score (nSPS) is 15.0. The van der Waals surface area contributed by atoms with E-state index in [1.807, 2.05) is 13.8 Å². The summed E-state index contributed by atoms with van der Waals surface area (Å²) in [7, 11) is 0. The van der Waals surface area contributed by atoms with E-state index in [1.54, 1.807) is 0 Å². The summed E-state index contributed by atoms with van der Waals surface area (Å²) in [6.45, 7) is 13.1. The Morgan fingerprint density at radius 2 is 1.69 bits per heavy atom. The molecule has 0 aromatic rings. The van der Waals surface area contributed by atoms with Gasteiger partial charge in [0, 0.05) is 0 Å². The lowest BCUT2D eigenvalue weighted by Gasteiger charge is -2.27. The Morgan fingerprint density at radius 1 is 1.15 bits per heavy atom. The fourth-order valence-corrected chi connectivity index (χ4v) is 1.03. The Hall–Kier alpha value is -0.0800. The van der Waals surface area contributed by atoms with E-state index >= 15 is 0 Å². The van der Waals surface area contributed by atoms with Crippen LogP contribution in [0, 0.1) is 0 Å². The third-order valence-corrected chi connectivity index (χ3v) is 1.59. The minimum Gasteiger partial charge on any atom is -0.376 e. The largest absolute Gasteiger partial charge is 0.376 e. The molecule has 1 atom stereocenters. The molecule has 0 aliphatic carbocycles. The highest BCUT2D eigenvalue weighted by Crippen LogP contribution is 2.13. The van der Waals surface area contributed by atoms with E-state index in [-0.39, 0.29) is 17.8 Å². The van der Waals surface area contributed by atoms with Crippen LogP contribution < -0.4 is 0 Å². The topological polar surface area (TPSA) is 18.5 Å². The van der Waals surface area contributed by atoms with Crippen molar-refractivity contribution < 1.29 is 9.47 Å². The second kappa shape index (κ2) is 5.61. The molecular formula is C11H24O2. The highest BCUT2D eigenvalue weighted by molar-refractivity contribution is 4.65. The molecule has 13 heavy (non-hydrogen) atoms. The monoisotopic (exact) mass is 188 g/mol. The standard InChI is InChI=1S/C11H24O2/c1-7-10(8-12-9(2)3)13-11(4,5)6/h9-10H,7-8H2,1-6H3/t10-/m0/s1. The van der Waals surface area contributed by atoms with Gasteiger partial charge in [-0.05, 0) is 41.0 Å². The van der Waals surface area contributed by atoms with Gasteiger partial charge in [-0.2, -0.15) is 0 Å². The van der Waals surface area contributed by atoms with E-state index in [0.29, 0.717) is 6.61 Å². The van der Waals surface area contributed by atoms with E-state index in [9.17, 15) is 0 Å². The predicted molar refractivity (Wildman–Crippen MR) is 56.0 cm³/mol. The Balaban J connectivity index is 3.76. The molecule has 0 saturated carbocycles. The third-order valence-electron chi connectivity index (χ3n) is 1.59. The van der Waals surface area contributed by atoms with Gasteiger partial charge in [0.2, 0.25) is 0 Å². The maximum atomic E-state index is 5.81. The number of rotatable bonds is 5. The first-order chi connectivity index (χ1) is 5.85. The summed E-state index contributed by atoms with van der Waals surface area (Å²) in [6, 6.07) is 0. The van der Waals surface area contributed by atoms with E-state index in [4.69, 9.17) is 9.47 Å². The van der Waals surface area contributed by atoms with Gasteiger partial charge in [-0.3, -0.25) is 0 Å². The second-order valence-corrected chi connectivity index (χ2v) is 4.64. The zero-order chi connectivity index (χ0) is 10.5. The first kappa shape index (κ1) is 12.9. The molecule has 2 heteroatoms. The van der Waals surface area contributed by atoms with Crippen molar-refractivity contribution in [2.24, 2.45) is 0 Å². The molecule has 0 N–H and O–H groups in total. The van der Waals surface area contributed by atoms with Crippen molar-refractivity contribution in [1.29, 1.82) is 0 Å². The van der Waals surface area contributed by atoms with Gasteiger partial charge in [0.1, 0.15) is 0 Å². The average Bonchev–Trinajstić information content (AvgIpc) is 1.95. The van der Waals surface area contributed by atoms with Gasteiger partial charge in [0.05, 0.1) is 24.4 Å². The lowest BCUT2D eigenvalue weighted by atomic mass is 10.1. The lowest BCUT2D eigenvalue weighted by molar-refractivity contribution is -0.101. The van der Waals surface area contributed by atoms with E-state index in [2.05, 4.69) is 27.7 Å². The smallest absolute Gasteiger partial charge is 0.0813 e. The number of hydrogen-bond acceptors (Lipinski definition) is 2. The van der Waals surface area contributed by atoms with Crippen molar-refractivity contribution in [3.05, 3.63) is 0 Å². The van der Waals surface area contributed by atoms with Crippen LogP contribution in [0.4, 0.5) is 0 Å². The Labute approximate surface area is 82.6 Å². The van der Waals surface area contributed by atoms with Crippen molar-refractivity contribution in [2.75, 3.05) is 6.61 Å². The molecule has 0 rings (SSSR count). The van der Waals surface area contributed by atoms with Gasteiger partial charge >= 0.3 is 0 Å². The molecule has 0 aliphatic rings. The average molecular weight is 188 g/mol. The second-order valence-electron chi connectivity index (χ2n) is 4.64. The maximum absolute atomic E-state index is 5.81. The maximum Gasteiger partial charge on any atom is 0.0813 e. The quantitative estimate of drug-likeness (QED) is 0.660. The summed E-state index contributed by atoms with van der Waals surface area (Å²) in [5, 5.41) is 0. The lowest BCUT2D eigenvalue weighted by Crippen LogP contribution is -2.31. The molecule has 0 radical (unpaired) electrons. The van der Waals surface area contributed by atoms with Crippen LogP contribution in [-0.4, -0.2) is 24.4 Å². The molecule has 0 aromatic heterocycles. The van der Waals surface area contributed by atoms with Gasteiger partial charge in [-0.1, -0.05) is 6.92 Å². The van der Waals surface area contributed by atoms with Crippen molar-refractivity contribution in [3.63, 3.8) is 0 Å². The highest BCUT2D eigenvalue weighted by Gasteiger charge is 2.17. The molecule has 0 aromatic carbocycles. The van der Waals surface area contributed by atoms with E-state index in [0.717, 1.165) is 6.42 Å². The zero-order valence-electron chi connectivity index (χ0n) is 9.89. The van der Waals surface area contributed by atoms with Crippen LogP contribution in [0.2, 0.25) is 0 Å². The summed E-state index contributed by atoms with van der Waals surface area (Å²) >= 11 is 0. The molecule has 0 amide bonds. The Bertz CT molecular complexity index is 125. The molecule has 0 fully saturated rings. The molecule has 80 valence electrons. The molecule has 0 spiro atoms. The molecule has 0 saturated heterocycles. The first-order valence-corrected chi connectivity index (χ1v) is 5.14. The molecule has 0 aliphatic heterocycles. The van der Waals surface area contributed by atoms with Gasteiger partial charge in [-0.15, -0.1) is 0 Å². The first-order valence-electron chi connectivity index (χ1n) is 5.14. The van der Waals surface area contributed by atoms with Gasteiger partial charge in [0.15, 0.2) is 0 Å². The van der Waals surface area contributed by atoms with Crippen LogP contribution in [0.3, 0.4) is 0 Å². The van der Waals surface area contributed by atoms with Crippen LogP contribution >= 0.6 is 0 Å². The van der Waals surface area contributed by atoms with Gasteiger partial charge in [0.25, 0.3) is 0 Å². The van der Waals surface area contributed by atoms with Crippen molar-refractivity contribution in [1.82, 2.24) is 0 Å². The summed E-state index contributed by atoms with van der Waals surface area (Å²) in [4.78, 5) is 0. The molecule has 0 unspecified atom stereocenters. The zero-order valence-corrected chi connectivity index (χ0v) is 9.89. The predicted octanol–water partition coefficient (Wildman–Crippen LogP) is 3.01. The summed E-state index contributed by atoms with van der Waals surface area (Å²) < 4.78 is 11.3. The number of ether oxygens (including phenoxy) is 2. The van der Waals surface area contributed by atoms with Crippen LogP contribution in [0.1, 0.15) is 48.0 Å². The van der Waals surface area contributed by atoms with Gasteiger partial charge < -0.3 is 9.47 Å². The Kier molecular flexibility index (Phi) is 5.57. The minimum absolute atomic E-state index is 0.0684. The van der Waals surface area contributed by atoms with Crippen LogP contribution in [0.5, 0.6) is 0 Å². The fourth-order valence-electron chi connectivity index (χ4n) is 1.03. The molecular weight excluding hydrogens is 164 g/mol. The molecule has 0 heterocycles. The molecule has 2 nitrogen and oxygen atoms in total. The van der Waals surface area contributed by atoms with Crippen LogP contribution in [0.25, 0.3) is 0 Å². The van der Waals surface area contributed by atoms with Gasteiger partial charge in [-0.25, -0.2) is 0 Å². The highest BCUT2D eigenvalue weighted by atomic mass is 16.5. The Morgan fingerprint density at radius 3 is 2.00 bits per heavy atom. The molecule has 0 bridgehead atoms. The van der Waals surface area contributed by atoms with Crippen molar-refractivity contribution >= 4 is 0 Å². The fraction of sp³-hybridized carbons (Fsp3) is 1.00. The summed E-state index contributed by atoms with van der Waals surface area (Å²) in [6.07, 6.45) is 1.52. The van der Waals surface area contributed by atoms with Crippen molar-refractivity contribution in [2.45, 2.75) is 65.8 Å². The summed E-state index contributed by atoms with van der Waals surface area (Å²) in [5.74, 6) is 0. The van der Waals surface area contributed by atoms with Crippen LogP contribution in [-0.2, 0) is 9.47 Å².